The van der Waals surface area contributed by atoms with Crippen LogP contribution >= 0.6 is 0 Å². The van der Waals surface area contributed by atoms with Crippen LogP contribution in [0.2, 0.25) is 0 Å². The lowest BCUT2D eigenvalue weighted by Gasteiger charge is -2.50. The normalized spacial score (nSPS) is 31.3. The van der Waals surface area contributed by atoms with Crippen molar-refractivity contribution in [3.8, 4) is 0 Å². The third kappa shape index (κ3) is 4.00. The summed E-state index contributed by atoms with van der Waals surface area (Å²) in [6.45, 7) is 0. The van der Waals surface area contributed by atoms with E-state index in [1.54, 1.807) is 12.1 Å². The molecule has 0 unspecified atom stereocenters. The van der Waals surface area contributed by atoms with E-state index in [1.165, 1.54) is 63.5 Å². The van der Waals surface area contributed by atoms with Crippen molar-refractivity contribution < 1.29 is 14.6 Å². The van der Waals surface area contributed by atoms with Gasteiger partial charge in [-0.05, 0) is 57.1 Å². The maximum Gasteiger partial charge on any atom is 0.269 e. The molecular formula is C21H30N3O3+. The third-order valence-electron chi connectivity index (χ3n) is 6.94. The van der Waals surface area contributed by atoms with Crippen molar-refractivity contribution in [3.63, 3.8) is 0 Å². The molecule has 1 amide bonds. The SMILES string of the molecule is O=C(NC1C[C@H]2CCC[C@H](C1)[NH+]2C1CCCCC1)c1ccc([N+](=O)[O-])cc1. The van der Waals surface area contributed by atoms with Gasteiger partial charge in [-0.3, -0.25) is 14.9 Å². The Morgan fingerprint density at radius 3 is 2.11 bits per heavy atom. The van der Waals surface area contributed by atoms with Crippen molar-refractivity contribution in [2.24, 2.45) is 0 Å². The van der Waals surface area contributed by atoms with Gasteiger partial charge in [0.25, 0.3) is 11.6 Å². The van der Waals surface area contributed by atoms with E-state index in [-0.39, 0.29) is 17.6 Å². The molecule has 3 aliphatic rings. The summed E-state index contributed by atoms with van der Waals surface area (Å²) in [6, 6.07) is 8.34. The molecule has 1 saturated carbocycles. The topological polar surface area (TPSA) is 76.7 Å². The zero-order chi connectivity index (χ0) is 18.8. The van der Waals surface area contributed by atoms with Crippen LogP contribution in [-0.4, -0.2) is 35.0 Å². The average Bonchev–Trinajstić information content (AvgIpc) is 2.68. The Morgan fingerprint density at radius 2 is 1.52 bits per heavy atom. The van der Waals surface area contributed by atoms with Gasteiger partial charge in [0.05, 0.1) is 23.0 Å². The van der Waals surface area contributed by atoms with Crippen molar-refractivity contribution in [1.82, 2.24) is 5.32 Å². The Kier molecular flexibility index (Phi) is 5.43. The van der Waals surface area contributed by atoms with Crippen molar-refractivity contribution in [2.75, 3.05) is 0 Å². The molecule has 2 atom stereocenters. The van der Waals surface area contributed by atoms with Crippen molar-refractivity contribution in [3.05, 3.63) is 39.9 Å². The molecule has 0 aromatic heterocycles. The molecule has 3 fully saturated rings. The Hall–Kier alpha value is -1.95. The molecule has 27 heavy (non-hydrogen) atoms. The van der Waals surface area contributed by atoms with Gasteiger partial charge in [-0.2, -0.15) is 0 Å². The number of nitrogens with one attached hydrogen (secondary N) is 2. The Balaban J connectivity index is 1.39. The van der Waals surface area contributed by atoms with Crippen LogP contribution in [0.25, 0.3) is 0 Å². The average molecular weight is 372 g/mol. The summed E-state index contributed by atoms with van der Waals surface area (Å²) in [4.78, 5) is 24.8. The number of nitro groups is 1. The lowest BCUT2D eigenvalue weighted by atomic mass is 9.78. The van der Waals surface area contributed by atoms with Gasteiger partial charge < -0.3 is 10.2 Å². The molecule has 1 aromatic carbocycles. The number of non-ortho nitro benzene ring substituents is 1. The number of rotatable bonds is 4. The minimum Gasteiger partial charge on any atom is -0.349 e. The molecule has 2 aliphatic heterocycles. The molecule has 2 saturated heterocycles. The summed E-state index contributed by atoms with van der Waals surface area (Å²) in [6.07, 6.45) is 13.0. The molecule has 6 nitrogen and oxygen atoms in total. The number of hydrogen-bond donors (Lipinski definition) is 2. The standard InChI is InChI=1S/C21H29N3O3/c25-21(15-9-11-18(12-10-15)24(26)27)22-16-13-19-7-4-8-20(14-16)23(19)17-5-2-1-3-6-17/h9-12,16-17,19-20H,1-8,13-14H2,(H,22,25)/p+1/t19-,20-/m1/s1. The van der Waals surface area contributed by atoms with Gasteiger partial charge >= 0.3 is 0 Å². The summed E-state index contributed by atoms with van der Waals surface area (Å²) >= 11 is 0. The fourth-order valence-electron chi connectivity index (χ4n) is 5.79. The van der Waals surface area contributed by atoms with E-state index < -0.39 is 4.92 Å². The lowest BCUT2D eigenvalue weighted by molar-refractivity contribution is -0.984. The van der Waals surface area contributed by atoms with Gasteiger partial charge in [0.1, 0.15) is 0 Å². The van der Waals surface area contributed by atoms with Crippen LogP contribution in [0.4, 0.5) is 5.69 Å². The van der Waals surface area contributed by atoms with Crippen molar-refractivity contribution in [2.45, 2.75) is 88.4 Å². The number of benzene rings is 1. The van der Waals surface area contributed by atoms with Crippen LogP contribution in [0, 0.1) is 10.1 Å². The first-order chi connectivity index (χ1) is 13.1. The largest absolute Gasteiger partial charge is 0.349 e. The maximum absolute atomic E-state index is 12.6. The molecule has 1 aliphatic carbocycles. The molecule has 2 N–H and O–H groups in total. The number of carbonyl (C=O) groups excluding carboxylic acids is 1. The molecule has 2 bridgehead atoms. The second kappa shape index (κ2) is 7.97. The monoisotopic (exact) mass is 372 g/mol. The first kappa shape index (κ1) is 18.4. The van der Waals surface area contributed by atoms with Crippen LogP contribution in [-0.2, 0) is 0 Å². The summed E-state index contributed by atoms with van der Waals surface area (Å²) in [5, 5.41) is 14.0. The molecule has 0 radical (unpaired) electrons. The van der Waals surface area contributed by atoms with Gasteiger partial charge in [-0.25, -0.2) is 0 Å². The predicted octanol–water partition coefficient (Wildman–Crippen LogP) is 2.63. The molecule has 1 aromatic rings. The van der Waals surface area contributed by atoms with Crippen LogP contribution in [0.15, 0.2) is 24.3 Å². The highest BCUT2D eigenvalue weighted by molar-refractivity contribution is 5.94. The molecule has 146 valence electrons. The van der Waals surface area contributed by atoms with Crippen molar-refractivity contribution in [1.29, 1.82) is 0 Å². The highest BCUT2D eigenvalue weighted by Crippen LogP contribution is 2.26. The predicted molar refractivity (Wildman–Crippen MR) is 103 cm³/mol. The van der Waals surface area contributed by atoms with Gasteiger partial charge in [0, 0.05) is 36.6 Å². The number of quaternary nitrogens is 1. The summed E-state index contributed by atoms with van der Waals surface area (Å²) in [7, 11) is 0. The van der Waals surface area contributed by atoms with Crippen LogP contribution in [0.5, 0.6) is 0 Å². The molecule has 4 rings (SSSR count). The fourth-order valence-corrected chi connectivity index (χ4v) is 5.79. The number of carbonyl (C=O) groups is 1. The Labute approximate surface area is 160 Å². The van der Waals surface area contributed by atoms with E-state index in [0.717, 1.165) is 18.9 Å². The van der Waals surface area contributed by atoms with Gasteiger partial charge in [0.2, 0.25) is 0 Å². The summed E-state index contributed by atoms with van der Waals surface area (Å²) in [5.74, 6) is -0.103. The second-order valence-electron chi connectivity index (χ2n) is 8.61. The fraction of sp³-hybridized carbons (Fsp3) is 0.667. The highest BCUT2D eigenvalue weighted by atomic mass is 16.6. The van der Waals surface area contributed by atoms with Crippen LogP contribution < -0.4 is 10.2 Å². The Morgan fingerprint density at radius 1 is 0.926 bits per heavy atom. The smallest absolute Gasteiger partial charge is 0.269 e. The number of piperidine rings is 2. The van der Waals surface area contributed by atoms with E-state index in [0.29, 0.717) is 17.6 Å². The summed E-state index contributed by atoms with van der Waals surface area (Å²) < 4.78 is 0. The molecule has 2 heterocycles. The van der Waals surface area contributed by atoms with E-state index in [2.05, 4.69) is 5.32 Å². The molecule has 6 heteroatoms. The van der Waals surface area contributed by atoms with E-state index in [9.17, 15) is 14.9 Å². The van der Waals surface area contributed by atoms with Gasteiger partial charge in [-0.15, -0.1) is 0 Å². The number of nitro benzene ring substituents is 1. The van der Waals surface area contributed by atoms with E-state index in [1.807, 2.05) is 4.90 Å². The Bertz CT molecular complexity index is 670. The second-order valence-corrected chi connectivity index (χ2v) is 8.61. The first-order valence-electron chi connectivity index (χ1n) is 10.5. The zero-order valence-corrected chi connectivity index (χ0v) is 15.9. The lowest BCUT2D eigenvalue weighted by Crippen LogP contribution is -3.24. The zero-order valence-electron chi connectivity index (χ0n) is 15.9. The van der Waals surface area contributed by atoms with Gasteiger partial charge in [0.15, 0.2) is 0 Å². The van der Waals surface area contributed by atoms with Crippen LogP contribution in [0.3, 0.4) is 0 Å². The number of hydrogen-bond acceptors (Lipinski definition) is 3. The van der Waals surface area contributed by atoms with Crippen molar-refractivity contribution >= 4 is 11.6 Å². The molecular weight excluding hydrogens is 342 g/mol. The van der Waals surface area contributed by atoms with Gasteiger partial charge in [-0.1, -0.05) is 6.42 Å². The quantitative estimate of drug-likeness (QED) is 0.630. The minimum absolute atomic E-state index is 0.0190. The van der Waals surface area contributed by atoms with E-state index >= 15 is 0 Å². The maximum atomic E-state index is 12.6. The number of fused-ring (bicyclic) bond motifs is 2. The third-order valence-corrected chi connectivity index (χ3v) is 6.94. The molecule has 0 spiro atoms. The van der Waals surface area contributed by atoms with Crippen LogP contribution in [0.1, 0.15) is 74.6 Å². The summed E-state index contributed by atoms with van der Waals surface area (Å²) in [5.41, 5.74) is 0.526. The number of nitrogens with zero attached hydrogens (tertiary/aromatic N) is 1. The number of amides is 1. The highest BCUT2D eigenvalue weighted by Gasteiger charge is 2.45. The minimum atomic E-state index is -0.438. The first-order valence-corrected chi connectivity index (χ1v) is 10.5. The van der Waals surface area contributed by atoms with E-state index in [4.69, 9.17) is 0 Å².